The Kier molecular flexibility index (Phi) is 5.15. The first-order valence-electron chi connectivity index (χ1n) is 6.98. The molecule has 0 aliphatic carbocycles. The molecule has 0 radical (unpaired) electrons. The van der Waals surface area contributed by atoms with Crippen molar-refractivity contribution in [3.8, 4) is 0 Å². The summed E-state index contributed by atoms with van der Waals surface area (Å²) in [5.74, 6) is -0.466. The van der Waals surface area contributed by atoms with Gasteiger partial charge in [-0.2, -0.15) is 0 Å². The van der Waals surface area contributed by atoms with Crippen LogP contribution in [0.1, 0.15) is 13.3 Å². The number of nitrogens with one attached hydrogen (secondary N) is 2. The molecule has 10 heteroatoms. The molecule has 1 aromatic rings. The Bertz CT molecular complexity index is 771. The minimum atomic E-state index is -3.77. The maximum Gasteiger partial charge on any atom is 0.411 e. The molecule has 1 aromatic carbocycles. The fourth-order valence-electron chi connectivity index (χ4n) is 2.16. The number of hydrogen-bond acceptors (Lipinski definition) is 6. The summed E-state index contributed by atoms with van der Waals surface area (Å²) in [6, 6.07) is 5.98. The van der Waals surface area contributed by atoms with Gasteiger partial charge in [0.05, 0.1) is 23.4 Å². The van der Waals surface area contributed by atoms with Gasteiger partial charge in [0.15, 0.2) is 9.84 Å². The molecule has 1 aliphatic heterocycles. The number of hydrogen-bond donors (Lipinski definition) is 2. The van der Waals surface area contributed by atoms with Crippen LogP contribution in [0.25, 0.3) is 0 Å². The predicted octanol–water partition coefficient (Wildman–Crippen LogP) is 1.18. The molecule has 1 atom stereocenters. The molecule has 1 amide bonds. The molecule has 0 saturated carbocycles. The number of sulfone groups is 1. The predicted molar refractivity (Wildman–Crippen MR) is 86.7 cm³/mol. The number of sulfonamides is 1. The third-order valence-corrected chi connectivity index (χ3v) is 7.08. The lowest BCUT2D eigenvalue weighted by molar-refractivity contribution is 0.168. The van der Waals surface area contributed by atoms with Gasteiger partial charge >= 0.3 is 6.09 Å². The minimum absolute atomic E-state index is 0.0974. The van der Waals surface area contributed by atoms with Gasteiger partial charge in [0.1, 0.15) is 0 Å². The first-order valence-corrected chi connectivity index (χ1v) is 10.3. The van der Waals surface area contributed by atoms with Crippen molar-refractivity contribution in [1.82, 2.24) is 0 Å². The quantitative estimate of drug-likeness (QED) is 0.812. The van der Waals surface area contributed by atoms with Gasteiger partial charge < -0.3 is 4.74 Å². The molecule has 0 aromatic heterocycles. The molecular weight excluding hydrogens is 344 g/mol. The van der Waals surface area contributed by atoms with Crippen LogP contribution in [-0.2, 0) is 24.6 Å². The monoisotopic (exact) mass is 362 g/mol. The van der Waals surface area contributed by atoms with Crippen LogP contribution >= 0.6 is 0 Å². The lowest BCUT2D eigenvalue weighted by atomic mass is 10.3. The zero-order valence-corrected chi connectivity index (χ0v) is 14.1. The highest BCUT2D eigenvalue weighted by atomic mass is 32.2. The van der Waals surface area contributed by atoms with E-state index in [2.05, 4.69) is 10.0 Å². The van der Waals surface area contributed by atoms with Crippen molar-refractivity contribution in [3.05, 3.63) is 24.3 Å². The van der Waals surface area contributed by atoms with Gasteiger partial charge in [-0.1, -0.05) is 0 Å². The van der Waals surface area contributed by atoms with Crippen LogP contribution in [0.3, 0.4) is 0 Å². The fraction of sp³-hybridized carbons (Fsp3) is 0.462. The summed E-state index contributed by atoms with van der Waals surface area (Å²) >= 11 is 0. The van der Waals surface area contributed by atoms with E-state index in [4.69, 9.17) is 4.74 Å². The summed E-state index contributed by atoms with van der Waals surface area (Å²) in [6.07, 6.45) is -0.503. The van der Waals surface area contributed by atoms with Crippen LogP contribution in [0.2, 0.25) is 0 Å². The molecule has 0 spiro atoms. The molecule has 0 unspecified atom stereocenters. The van der Waals surface area contributed by atoms with Crippen LogP contribution in [0.5, 0.6) is 0 Å². The number of anilines is 2. The van der Waals surface area contributed by atoms with E-state index in [0.717, 1.165) is 0 Å². The molecule has 2 N–H and O–H groups in total. The molecule has 1 saturated heterocycles. The lowest BCUT2D eigenvalue weighted by Crippen LogP contribution is -2.28. The largest absolute Gasteiger partial charge is 0.450 e. The van der Waals surface area contributed by atoms with Crippen LogP contribution in [0, 0.1) is 0 Å². The van der Waals surface area contributed by atoms with E-state index in [0.29, 0.717) is 11.4 Å². The standard InChI is InChI=1S/C13H18N2O6S2/c1-2-21-13(16)14-10-3-5-11(6-4-10)15-23(19,20)12-7-8-22(17,18)9-12/h3-6,12,15H,2,7-9H2,1H3,(H,14,16)/t12-/m0/s1. The van der Waals surface area contributed by atoms with E-state index in [-0.39, 0.29) is 24.5 Å². The van der Waals surface area contributed by atoms with Crippen molar-refractivity contribution in [2.24, 2.45) is 0 Å². The molecule has 128 valence electrons. The van der Waals surface area contributed by atoms with E-state index in [1.54, 1.807) is 6.92 Å². The molecule has 1 fully saturated rings. The number of ether oxygens (including phenoxy) is 1. The summed E-state index contributed by atoms with van der Waals surface area (Å²) in [5.41, 5.74) is 0.749. The Morgan fingerprint density at radius 1 is 1.26 bits per heavy atom. The Labute approximate surface area is 135 Å². The van der Waals surface area contributed by atoms with Crippen LogP contribution in [0.15, 0.2) is 24.3 Å². The summed E-state index contributed by atoms with van der Waals surface area (Å²) < 4.78 is 54.2. The second-order valence-corrected chi connectivity index (χ2v) is 9.28. The van der Waals surface area contributed by atoms with Crippen LogP contribution in [0.4, 0.5) is 16.2 Å². The average Bonchev–Trinajstić information content (AvgIpc) is 2.82. The SMILES string of the molecule is CCOC(=O)Nc1ccc(NS(=O)(=O)[C@H]2CCS(=O)(=O)C2)cc1. The van der Waals surface area contributed by atoms with Gasteiger partial charge in [-0.25, -0.2) is 21.6 Å². The van der Waals surface area contributed by atoms with Crippen LogP contribution in [-0.4, -0.2) is 46.3 Å². The molecule has 23 heavy (non-hydrogen) atoms. The van der Waals surface area contributed by atoms with Crippen molar-refractivity contribution in [2.75, 3.05) is 28.2 Å². The van der Waals surface area contributed by atoms with Crippen molar-refractivity contribution in [3.63, 3.8) is 0 Å². The first-order chi connectivity index (χ1) is 10.7. The average molecular weight is 362 g/mol. The maximum absolute atomic E-state index is 12.2. The molecule has 2 rings (SSSR count). The Hall–Kier alpha value is -1.81. The highest BCUT2D eigenvalue weighted by Gasteiger charge is 2.37. The topological polar surface area (TPSA) is 119 Å². The third-order valence-electron chi connectivity index (χ3n) is 3.30. The van der Waals surface area contributed by atoms with E-state index in [9.17, 15) is 21.6 Å². The second kappa shape index (κ2) is 6.75. The molecule has 1 aliphatic rings. The summed E-state index contributed by atoms with van der Waals surface area (Å²) in [7, 11) is -7.05. The Morgan fingerprint density at radius 2 is 1.87 bits per heavy atom. The van der Waals surface area contributed by atoms with Crippen molar-refractivity contribution in [2.45, 2.75) is 18.6 Å². The molecule has 8 nitrogen and oxygen atoms in total. The van der Waals surface area contributed by atoms with E-state index in [1.165, 1.54) is 24.3 Å². The lowest BCUT2D eigenvalue weighted by Gasteiger charge is -2.13. The van der Waals surface area contributed by atoms with Gasteiger partial charge in [-0.3, -0.25) is 10.0 Å². The molecule has 1 heterocycles. The first kappa shape index (κ1) is 17.5. The van der Waals surface area contributed by atoms with Gasteiger partial charge in [0.2, 0.25) is 10.0 Å². The van der Waals surface area contributed by atoms with Crippen molar-refractivity contribution in [1.29, 1.82) is 0 Å². The Morgan fingerprint density at radius 3 is 2.39 bits per heavy atom. The highest BCUT2D eigenvalue weighted by molar-refractivity contribution is 7.97. The number of carbonyl (C=O) groups is 1. The smallest absolute Gasteiger partial charge is 0.411 e. The molecule has 0 bridgehead atoms. The zero-order chi connectivity index (χ0) is 17.1. The normalized spacial score (nSPS) is 20.0. The maximum atomic E-state index is 12.2. The van der Waals surface area contributed by atoms with Gasteiger partial charge in [0.25, 0.3) is 0 Å². The number of rotatable bonds is 5. The van der Waals surface area contributed by atoms with Gasteiger partial charge in [0, 0.05) is 11.4 Å². The van der Waals surface area contributed by atoms with Gasteiger partial charge in [-0.15, -0.1) is 0 Å². The minimum Gasteiger partial charge on any atom is -0.450 e. The molecular formula is C13H18N2O6S2. The van der Waals surface area contributed by atoms with E-state index >= 15 is 0 Å². The van der Waals surface area contributed by atoms with Crippen molar-refractivity contribution >= 4 is 37.3 Å². The summed E-state index contributed by atoms with van der Waals surface area (Å²) in [6.45, 7) is 1.93. The summed E-state index contributed by atoms with van der Waals surface area (Å²) in [5, 5.41) is 1.54. The summed E-state index contributed by atoms with van der Waals surface area (Å²) in [4.78, 5) is 11.3. The highest BCUT2D eigenvalue weighted by Crippen LogP contribution is 2.22. The fourth-order valence-corrected chi connectivity index (χ4v) is 6.25. The zero-order valence-electron chi connectivity index (χ0n) is 12.5. The van der Waals surface area contributed by atoms with Gasteiger partial charge in [-0.05, 0) is 37.6 Å². The number of benzene rings is 1. The van der Waals surface area contributed by atoms with E-state index < -0.39 is 31.2 Å². The van der Waals surface area contributed by atoms with Crippen LogP contribution < -0.4 is 10.0 Å². The number of carbonyl (C=O) groups excluding carboxylic acids is 1. The Balaban J connectivity index is 2.02. The number of amides is 1. The van der Waals surface area contributed by atoms with E-state index in [1.807, 2.05) is 0 Å². The second-order valence-electron chi connectivity index (χ2n) is 5.09. The third kappa shape index (κ3) is 4.83. The van der Waals surface area contributed by atoms with Crippen molar-refractivity contribution < 1.29 is 26.4 Å².